The molecule has 1 aliphatic heterocycles. The van der Waals surface area contributed by atoms with Gasteiger partial charge in [-0.05, 0) is 62.2 Å². The fourth-order valence-corrected chi connectivity index (χ4v) is 5.70. The standard InChI is InChI=1S/C26H24BrClN2O5S/c1-5-34-20-13-18(27)17(12-19(20)33-4)23-22(25(32)35-6-2)14(3)29-26-30(23)24(31)21(36-26)11-15-7-9-16(28)10-8-15/h7-13,23H,5-6H2,1-4H3/b21-11+/t23-/m0/s1. The maximum atomic E-state index is 13.7. The fourth-order valence-electron chi connectivity index (χ4n) is 3.98. The van der Waals surface area contributed by atoms with Crippen LogP contribution in [-0.2, 0) is 9.53 Å². The number of thiazole rings is 1. The summed E-state index contributed by atoms with van der Waals surface area (Å²) in [6.07, 6.45) is 1.79. The highest BCUT2D eigenvalue weighted by atomic mass is 79.9. The minimum absolute atomic E-state index is 0.192. The molecule has 36 heavy (non-hydrogen) atoms. The zero-order valence-electron chi connectivity index (χ0n) is 20.1. The lowest BCUT2D eigenvalue weighted by molar-refractivity contribution is -0.139. The molecule has 1 aromatic heterocycles. The Labute approximate surface area is 225 Å². The van der Waals surface area contributed by atoms with E-state index in [0.29, 0.717) is 48.2 Å². The Morgan fingerprint density at radius 2 is 1.92 bits per heavy atom. The number of rotatable bonds is 7. The minimum Gasteiger partial charge on any atom is -0.493 e. The van der Waals surface area contributed by atoms with E-state index < -0.39 is 12.0 Å². The molecule has 2 aromatic carbocycles. The van der Waals surface area contributed by atoms with Crippen LogP contribution in [0.3, 0.4) is 0 Å². The van der Waals surface area contributed by atoms with Crippen molar-refractivity contribution >= 4 is 50.9 Å². The van der Waals surface area contributed by atoms with Gasteiger partial charge < -0.3 is 14.2 Å². The predicted octanol–water partition coefficient (Wildman–Crippen LogP) is 4.62. The number of nitrogens with zero attached hydrogens (tertiary/aromatic N) is 2. The molecule has 1 aliphatic rings. The zero-order chi connectivity index (χ0) is 26.0. The second-order valence-electron chi connectivity index (χ2n) is 7.81. The molecule has 7 nitrogen and oxygen atoms in total. The number of methoxy groups -OCH3 is 1. The number of fused-ring (bicyclic) bond motifs is 1. The Kier molecular flexibility index (Phi) is 8.02. The van der Waals surface area contributed by atoms with E-state index in [1.165, 1.54) is 15.9 Å². The topological polar surface area (TPSA) is 79.1 Å². The Hall–Kier alpha value is -2.88. The molecular weight excluding hydrogens is 568 g/mol. The van der Waals surface area contributed by atoms with Crippen LogP contribution in [0.2, 0.25) is 5.02 Å². The van der Waals surface area contributed by atoms with Crippen molar-refractivity contribution in [3.05, 3.63) is 88.0 Å². The fraction of sp³-hybridized carbons (Fsp3) is 0.269. The van der Waals surface area contributed by atoms with Crippen molar-refractivity contribution in [3.8, 4) is 11.5 Å². The van der Waals surface area contributed by atoms with Crippen LogP contribution in [0.15, 0.2) is 61.9 Å². The van der Waals surface area contributed by atoms with Crippen molar-refractivity contribution in [1.29, 1.82) is 0 Å². The van der Waals surface area contributed by atoms with Crippen molar-refractivity contribution in [2.45, 2.75) is 26.8 Å². The third-order valence-electron chi connectivity index (χ3n) is 5.56. The van der Waals surface area contributed by atoms with E-state index in [1.54, 1.807) is 51.3 Å². The van der Waals surface area contributed by atoms with Gasteiger partial charge in [-0.15, -0.1) is 0 Å². The lowest BCUT2D eigenvalue weighted by Gasteiger charge is -2.26. The van der Waals surface area contributed by atoms with Crippen molar-refractivity contribution in [1.82, 2.24) is 4.57 Å². The monoisotopic (exact) mass is 590 g/mol. The van der Waals surface area contributed by atoms with Gasteiger partial charge in [-0.3, -0.25) is 9.36 Å². The largest absolute Gasteiger partial charge is 0.493 e. The molecule has 0 unspecified atom stereocenters. The number of benzene rings is 2. The number of hydrogen-bond acceptors (Lipinski definition) is 7. The molecule has 188 valence electrons. The van der Waals surface area contributed by atoms with Gasteiger partial charge in [0.1, 0.15) is 0 Å². The summed E-state index contributed by atoms with van der Waals surface area (Å²) >= 11 is 10.9. The first-order chi connectivity index (χ1) is 17.3. The van der Waals surface area contributed by atoms with Crippen LogP contribution in [0.4, 0.5) is 0 Å². The summed E-state index contributed by atoms with van der Waals surface area (Å²) in [7, 11) is 1.54. The van der Waals surface area contributed by atoms with Gasteiger partial charge in [0.15, 0.2) is 16.3 Å². The Bertz CT molecular complexity index is 1530. The van der Waals surface area contributed by atoms with Gasteiger partial charge in [-0.1, -0.05) is 51.0 Å². The molecule has 0 spiro atoms. The molecule has 0 bridgehead atoms. The number of carbonyl (C=O) groups is 1. The van der Waals surface area contributed by atoms with Crippen LogP contribution in [0, 0.1) is 0 Å². The predicted molar refractivity (Wildman–Crippen MR) is 144 cm³/mol. The molecule has 0 radical (unpaired) electrons. The lowest BCUT2D eigenvalue weighted by Crippen LogP contribution is -2.40. The van der Waals surface area contributed by atoms with E-state index in [0.717, 1.165) is 5.56 Å². The molecule has 0 saturated heterocycles. The molecule has 0 fully saturated rings. The SMILES string of the molecule is CCOC(=O)C1=C(C)N=c2s/c(=C/c3ccc(Cl)cc3)c(=O)n2[C@H]1c1cc(OC)c(OCC)cc1Br. The molecule has 10 heteroatoms. The zero-order valence-corrected chi connectivity index (χ0v) is 23.3. The Balaban J connectivity index is 1.99. The first-order valence-electron chi connectivity index (χ1n) is 11.2. The summed E-state index contributed by atoms with van der Waals surface area (Å²) in [4.78, 5) is 32.0. The number of ether oxygens (including phenoxy) is 3. The number of carbonyl (C=O) groups excluding carboxylic acids is 1. The summed E-state index contributed by atoms with van der Waals surface area (Å²) in [5.41, 5.74) is 1.97. The van der Waals surface area contributed by atoms with Crippen LogP contribution in [0.1, 0.15) is 37.9 Å². The first-order valence-corrected chi connectivity index (χ1v) is 13.2. The molecule has 1 atom stereocenters. The van der Waals surface area contributed by atoms with E-state index in [2.05, 4.69) is 20.9 Å². The van der Waals surface area contributed by atoms with Crippen LogP contribution in [0.25, 0.3) is 6.08 Å². The molecule has 0 aliphatic carbocycles. The average molecular weight is 592 g/mol. The maximum Gasteiger partial charge on any atom is 0.338 e. The number of aromatic nitrogens is 1. The molecule has 3 aromatic rings. The highest BCUT2D eigenvalue weighted by Gasteiger charge is 2.35. The van der Waals surface area contributed by atoms with Gasteiger partial charge in [-0.25, -0.2) is 9.79 Å². The van der Waals surface area contributed by atoms with E-state index in [1.807, 2.05) is 19.1 Å². The molecular formula is C26H24BrClN2O5S. The minimum atomic E-state index is -0.786. The van der Waals surface area contributed by atoms with Gasteiger partial charge in [0.25, 0.3) is 5.56 Å². The summed E-state index contributed by atoms with van der Waals surface area (Å²) in [6, 6.07) is 9.96. The maximum absolute atomic E-state index is 13.7. The van der Waals surface area contributed by atoms with Crippen molar-refractivity contribution in [3.63, 3.8) is 0 Å². The third-order valence-corrected chi connectivity index (χ3v) is 7.48. The highest BCUT2D eigenvalue weighted by Crippen LogP contribution is 2.41. The Morgan fingerprint density at radius 1 is 1.19 bits per heavy atom. The number of esters is 1. The molecule has 0 saturated carbocycles. The molecule has 4 rings (SSSR count). The van der Waals surface area contributed by atoms with Crippen LogP contribution in [0.5, 0.6) is 11.5 Å². The summed E-state index contributed by atoms with van der Waals surface area (Å²) in [5.74, 6) is 0.496. The number of halogens is 2. The van der Waals surface area contributed by atoms with Crippen molar-refractivity contribution in [2.24, 2.45) is 4.99 Å². The summed E-state index contributed by atoms with van der Waals surface area (Å²) < 4.78 is 19.3. The quantitative estimate of drug-likeness (QED) is 0.375. The summed E-state index contributed by atoms with van der Waals surface area (Å²) in [6.45, 7) is 6.01. The van der Waals surface area contributed by atoms with E-state index in [9.17, 15) is 9.59 Å². The van der Waals surface area contributed by atoms with E-state index in [-0.39, 0.29) is 17.7 Å². The van der Waals surface area contributed by atoms with Crippen molar-refractivity contribution in [2.75, 3.05) is 20.3 Å². The first kappa shape index (κ1) is 26.2. The molecule has 0 N–H and O–H groups in total. The smallest absolute Gasteiger partial charge is 0.338 e. The van der Waals surface area contributed by atoms with Crippen LogP contribution < -0.4 is 24.4 Å². The average Bonchev–Trinajstić information content (AvgIpc) is 3.14. The van der Waals surface area contributed by atoms with Gasteiger partial charge >= 0.3 is 5.97 Å². The van der Waals surface area contributed by atoms with Crippen LogP contribution >= 0.6 is 38.9 Å². The van der Waals surface area contributed by atoms with Gasteiger partial charge in [0.2, 0.25) is 0 Å². The highest BCUT2D eigenvalue weighted by molar-refractivity contribution is 9.10. The lowest BCUT2D eigenvalue weighted by atomic mass is 9.95. The second-order valence-corrected chi connectivity index (χ2v) is 10.1. The second kappa shape index (κ2) is 11.0. The van der Waals surface area contributed by atoms with Crippen LogP contribution in [-0.4, -0.2) is 30.9 Å². The van der Waals surface area contributed by atoms with E-state index >= 15 is 0 Å². The van der Waals surface area contributed by atoms with Gasteiger partial charge in [0, 0.05) is 9.50 Å². The molecule has 0 amide bonds. The summed E-state index contributed by atoms with van der Waals surface area (Å²) in [5, 5.41) is 0.609. The van der Waals surface area contributed by atoms with Gasteiger partial charge in [0.05, 0.1) is 42.2 Å². The molecule has 2 heterocycles. The normalized spacial score (nSPS) is 15.4. The Morgan fingerprint density at radius 3 is 2.56 bits per heavy atom. The number of hydrogen-bond donors (Lipinski definition) is 0. The van der Waals surface area contributed by atoms with E-state index in [4.69, 9.17) is 25.8 Å². The number of allylic oxidation sites excluding steroid dienone is 1. The van der Waals surface area contributed by atoms with Crippen molar-refractivity contribution < 1.29 is 19.0 Å². The third kappa shape index (κ3) is 5.00. The van der Waals surface area contributed by atoms with Gasteiger partial charge in [-0.2, -0.15) is 0 Å².